The van der Waals surface area contributed by atoms with E-state index < -0.39 is 12.6 Å². The monoisotopic (exact) mass is 257 g/mol. The summed E-state index contributed by atoms with van der Waals surface area (Å²) in [6.45, 7) is 3.90. The fraction of sp³-hybridized carbons (Fsp3) is 1.00. The predicted octanol–water partition coefficient (Wildman–Crippen LogP) is 2.36. The van der Waals surface area contributed by atoms with Crippen LogP contribution in [0.15, 0.2) is 0 Å². The second-order valence-corrected chi connectivity index (χ2v) is 3.90. The Labute approximate surface area is 101 Å². The normalized spacial score (nSPS) is 13.9. The first-order valence-corrected chi connectivity index (χ1v) is 5.86. The second-order valence-electron chi connectivity index (χ2n) is 3.90. The number of hydrogen-bond donors (Lipinski definition) is 1. The van der Waals surface area contributed by atoms with Gasteiger partial charge >= 0.3 is 6.18 Å². The number of halogens is 3. The van der Waals surface area contributed by atoms with Crippen LogP contribution in [0, 0.1) is 0 Å². The average Bonchev–Trinajstić information content (AvgIpc) is 2.23. The molecular weight excluding hydrogens is 235 g/mol. The lowest BCUT2D eigenvalue weighted by Crippen LogP contribution is -2.38. The van der Waals surface area contributed by atoms with E-state index in [1.807, 2.05) is 6.92 Å². The van der Waals surface area contributed by atoms with E-state index in [0.29, 0.717) is 13.2 Å². The number of methoxy groups -OCH3 is 1. The van der Waals surface area contributed by atoms with Crippen molar-refractivity contribution in [1.82, 2.24) is 5.32 Å². The highest BCUT2D eigenvalue weighted by molar-refractivity contribution is 4.64. The summed E-state index contributed by atoms with van der Waals surface area (Å²) in [4.78, 5) is 0. The maximum atomic E-state index is 11.8. The van der Waals surface area contributed by atoms with Crippen LogP contribution in [0.4, 0.5) is 13.2 Å². The summed E-state index contributed by atoms with van der Waals surface area (Å²) in [5.41, 5.74) is 0. The Morgan fingerprint density at radius 1 is 1.24 bits per heavy atom. The summed E-state index contributed by atoms with van der Waals surface area (Å²) in [5.74, 6) is 0. The van der Waals surface area contributed by atoms with E-state index in [1.165, 1.54) is 0 Å². The molecule has 0 saturated heterocycles. The molecule has 0 rings (SSSR count). The summed E-state index contributed by atoms with van der Waals surface area (Å²) in [6.07, 6.45) is -3.87. The van der Waals surface area contributed by atoms with Gasteiger partial charge in [0.25, 0.3) is 0 Å². The van der Waals surface area contributed by atoms with E-state index in [-0.39, 0.29) is 19.1 Å². The Morgan fingerprint density at radius 3 is 2.47 bits per heavy atom. The lowest BCUT2D eigenvalue weighted by atomic mass is 10.3. The Hall–Kier alpha value is -0.330. The largest absolute Gasteiger partial charge is 0.389 e. The third-order valence-corrected chi connectivity index (χ3v) is 2.12. The summed E-state index contributed by atoms with van der Waals surface area (Å²) in [7, 11) is 1.59. The van der Waals surface area contributed by atoms with Crippen LogP contribution in [0.2, 0.25) is 0 Å². The highest BCUT2D eigenvalue weighted by Crippen LogP contribution is 2.20. The van der Waals surface area contributed by atoms with Crippen LogP contribution < -0.4 is 5.32 Å². The lowest BCUT2D eigenvalue weighted by molar-refractivity contribution is -0.138. The van der Waals surface area contributed by atoms with Gasteiger partial charge in [0.2, 0.25) is 0 Å². The van der Waals surface area contributed by atoms with Crippen molar-refractivity contribution in [3.63, 3.8) is 0 Å². The molecule has 0 bridgehead atoms. The fourth-order valence-corrected chi connectivity index (χ4v) is 1.32. The van der Waals surface area contributed by atoms with Crippen molar-refractivity contribution in [2.45, 2.75) is 38.4 Å². The molecule has 0 aromatic heterocycles. The van der Waals surface area contributed by atoms with Gasteiger partial charge in [0.05, 0.1) is 19.3 Å². The SMILES string of the molecule is CCCNC(COC)COCCCC(F)(F)F. The Kier molecular flexibility index (Phi) is 9.49. The minimum Gasteiger partial charge on any atom is -0.383 e. The standard InChI is InChI=1S/C11H22F3NO2/c1-3-6-15-10(8-16-2)9-17-7-4-5-11(12,13)14/h10,15H,3-9H2,1-2H3. The van der Waals surface area contributed by atoms with Crippen molar-refractivity contribution in [2.24, 2.45) is 0 Å². The van der Waals surface area contributed by atoms with Gasteiger partial charge in [-0.3, -0.25) is 0 Å². The van der Waals surface area contributed by atoms with Crippen molar-refractivity contribution in [2.75, 3.05) is 33.5 Å². The van der Waals surface area contributed by atoms with Gasteiger partial charge in [-0.15, -0.1) is 0 Å². The molecule has 0 heterocycles. The maximum absolute atomic E-state index is 11.8. The molecule has 1 N–H and O–H groups in total. The molecule has 0 fully saturated rings. The third kappa shape index (κ3) is 11.9. The third-order valence-electron chi connectivity index (χ3n) is 2.12. The zero-order valence-electron chi connectivity index (χ0n) is 10.5. The van der Waals surface area contributed by atoms with Gasteiger partial charge in [0, 0.05) is 20.1 Å². The topological polar surface area (TPSA) is 30.5 Å². The molecule has 1 unspecified atom stereocenters. The number of nitrogens with one attached hydrogen (secondary N) is 1. The Morgan fingerprint density at radius 2 is 1.94 bits per heavy atom. The molecule has 0 saturated carbocycles. The van der Waals surface area contributed by atoms with Gasteiger partial charge in [-0.05, 0) is 19.4 Å². The number of alkyl halides is 3. The highest BCUT2D eigenvalue weighted by Gasteiger charge is 2.25. The molecule has 0 radical (unpaired) electrons. The van der Waals surface area contributed by atoms with E-state index in [0.717, 1.165) is 13.0 Å². The van der Waals surface area contributed by atoms with Crippen LogP contribution in [-0.2, 0) is 9.47 Å². The van der Waals surface area contributed by atoms with Crippen LogP contribution in [0.1, 0.15) is 26.2 Å². The summed E-state index contributed by atoms with van der Waals surface area (Å²) in [6, 6.07) is 0.0471. The quantitative estimate of drug-likeness (QED) is 0.609. The minimum atomic E-state index is -4.09. The van der Waals surface area contributed by atoms with Crippen LogP contribution in [0.25, 0.3) is 0 Å². The first-order valence-electron chi connectivity index (χ1n) is 5.86. The highest BCUT2D eigenvalue weighted by atomic mass is 19.4. The molecule has 0 aliphatic rings. The van der Waals surface area contributed by atoms with Crippen molar-refractivity contribution in [3.05, 3.63) is 0 Å². The molecule has 1 atom stereocenters. The molecule has 0 spiro atoms. The van der Waals surface area contributed by atoms with E-state index >= 15 is 0 Å². The summed E-state index contributed by atoms with van der Waals surface area (Å²) < 4.78 is 45.7. The van der Waals surface area contributed by atoms with Crippen molar-refractivity contribution >= 4 is 0 Å². The van der Waals surface area contributed by atoms with Gasteiger partial charge in [-0.25, -0.2) is 0 Å². The molecule has 104 valence electrons. The number of ether oxygens (including phenoxy) is 2. The summed E-state index contributed by atoms with van der Waals surface area (Å²) >= 11 is 0. The van der Waals surface area contributed by atoms with Gasteiger partial charge in [0.1, 0.15) is 0 Å². The zero-order chi connectivity index (χ0) is 13.1. The van der Waals surface area contributed by atoms with Crippen molar-refractivity contribution in [1.29, 1.82) is 0 Å². The first-order chi connectivity index (χ1) is 7.99. The van der Waals surface area contributed by atoms with Gasteiger partial charge in [-0.1, -0.05) is 6.92 Å². The molecule has 0 aromatic carbocycles. The number of rotatable bonds is 10. The smallest absolute Gasteiger partial charge is 0.383 e. The Balaban J connectivity index is 3.53. The zero-order valence-corrected chi connectivity index (χ0v) is 10.5. The van der Waals surface area contributed by atoms with E-state index in [9.17, 15) is 13.2 Å². The molecule has 0 amide bonds. The van der Waals surface area contributed by atoms with Gasteiger partial charge in [-0.2, -0.15) is 13.2 Å². The van der Waals surface area contributed by atoms with Crippen LogP contribution in [0.3, 0.4) is 0 Å². The summed E-state index contributed by atoms with van der Waals surface area (Å²) in [5, 5.41) is 3.21. The van der Waals surface area contributed by atoms with Crippen LogP contribution >= 0.6 is 0 Å². The fourth-order valence-electron chi connectivity index (χ4n) is 1.32. The van der Waals surface area contributed by atoms with Crippen molar-refractivity contribution < 1.29 is 22.6 Å². The first kappa shape index (κ1) is 16.7. The molecule has 17 heavy (non-hydrogen) atoms. The molecule has 0 aliphatic carbocycles. The molecule has 3 nitrogen and oxygen atoms in total. The molecule has 0 aromatic rings. The predicted molar refractivity (Wildman–Crippen MR) is 60.1 cm³/mol. The van der Waals surface area contributed by atoms with Crippen LogP contribution in [0.5, 0.6) is 0 Å². The maximum Gasteiger partial charge on any atom is 0.389 e. The van der Waals surface area contributed by atoms with Gasteiger partial charge in [0.15, 0.2) is 0 Å². The van der Waals surface area contributed by atoms with E-state index in [2.05, 4.69) is 5.32 Å². The van der Waals surface area contributed by atoms with Crippen molar-refractivity contribution in [3.8, 4) is 0 Å². The Bertz CT molecular complexity index is 177. The van der Waals surface area contributed by atoms with Crippen LogP contribution in [-0.4, -0.2) is 45.7 Å². The molecule has 0 aliphatic heterocycles. The lowest BCUT2D eigenvalue weighted by Gasteiger charge is -2.17. The second kappa shape index (κ2) is 9.67. The van der Waals surface area contributed by atoms with E-state index in [1.54, 1.807) is 7.11 Å². The minimum absolute atomic E-state index is 0.0109. The molecular formula is C11H22F3NO2. The molecule has 6 heteroatoms. The average molecular weight is 257 g/mol. The van der Waals surface area contributed by atoms with E-state index in [4.69, 9.17) is 9.47 Å². The van der Waals surface area contributed by atoms with Gasteiger partial charge < -0.3 is 14.8 Å². The number of hydrogen-bond acceptors (Lipinski definition) is 3.